The van der Waals surface area contributed by atoms with Crippen LogP contribution in [0, 0.1) is 0 Å². The van der Waals surface area contributed by atoms with Crippen molar-refractivity contribution in [1.29, 1.82) is 0 Å². The molecule has 0 spiro atoms. The molecule has 0 radical (unpaired) electrons. The Kier molecular flexibility index (Phi) is 2.47. The van der Waals surface area contributed by atoms with E-state index >= 15 is 0 Å². The fourth-order valence-electron chi connectivity index (χ4n) is 3.10. The molecule has 7 heteroatoms. The molecule has 2 aromatic rings. The lowest BCUT2D eigenvalue weighted by atomic mass is 10.0. The fraction of sp³-hybridized carbons (Fsp3) is 0.200. The van der Waals surface area contributed by atoms with Crippen LogP contribution in [0.1, 0.15) is 23.2 Å². The van der Waals surface area contributed by atoms with E-state index < -0.39 is 11.9 Å². The second kappa shape index (κ2) is 4.27. The molecule has 1 aromatic carbocycles. The number of carbonyl (C=O) groups excluding carboxylic acids is 3. The third kappa shape index (κ3) is 1.56. The highest BCUT2D eigenvalue weighted by molar-refractivity contribution is 6.27. The molecule has 4 rings (SSSR count). The number of phenolic OH excluding ortho intramolecular Hbond substituents is 1. The molecule has 1 unspecified atom stereocenters. The fourth-order valence-corrected chi connectivity index (χ4v) is 3.10. The van der Waals surface area contributed by atoms with Gasteiger partial charge in [-0.2, -0.15) is 0 Å². The van der Waals surface area contributed by atoms with E-state index in [0.29, 0.717) is 22.0 Å². The van der Waals surface area contributed by atoms with Crippen LogP contribution in [-0.4, -0.2) is 33.9 Å². The number of phenols is 1. The van der Waals surface area contributed by atoms with Gasteiger partial charge in [-0.15, -0.1) is 0 Å². The van der Waals surface area contributed by atoms with Crippen molar-refractivity contribution in [3.8, 4) is 5.75 Å². The highest BCUT2D eigenvalue weighted by Gasteiger charge is 2.41. The number of benzene rings is 1. The number of amides is 3. The van der Waals surface area contributed by atoms with Crippen molar-refractivity contribution in [3.63, 3.8) is 0 Å². The predicted molar refractivity (Wildman–Crippen MR) is 76.4 cm³/mol. The lowest BCUT2D eigenvalue weighted by molar-refractivity contribution is -0.134. The highest BCUT2D eigenvalue weighted by atomic mass is 16.3. The van der Waals surface area contributed by atoms with Gasteiger partial charge in [0.05, 0.1) is 11.3 Å². The van der Waals surface area contributed by atoms with Gasteiger partial charge < -0.3 is 5.11 Å². The second-order valence-electron chi connectivity index (χ2n) is 5.36. The number of imide groups is 1. The van der Waals surface area contributed by atoms with E-state index in [1.54, 1.807) is 6.07 Å². The standard InChI is InChI=1S/C15H11N3O4/c19-11-3-1-9-13-7(11)5-16-6-8(13)15(22)18(9)10-2-4-12(20)17-14(10)21/h1,3,5-6,10,19H,2,4H2,(H,17,20,21). The minimum Gasteiger partial charge on any atom is -0.507 e. The van der Waals surface area contributed by atoms with E-state index in [1.165, 1.54) is 23.4 Å². The van der Waals surface area contributed by atoms with E-state index in [1.807, 2.05) is 0 Å². The number of anilines is 1. The summed E-state index contributed by atoms with van der Waals surface area (Å²) in [5.74, 6) is -1.12. The van der Waals surface area contributed by atoms with Crippen molar-refractivity contribution < 1.29 is 19.5 Å². The number of piperidine rings is 1. The van der Waals surface area contributed by atoms with Crippen LogP contribution >= 0.6 is 0 Å². The summed E-state index contributed by atoms with van der Waals surface area (Å²) < 4.78 is 0. The first kappa shape index (κ1) is 12.8. The average molecular weight is 297 g/mol. The maximum atomic E-state index is 12.7. The van der Waals surface area contributed by atoms with Crippen LogP contribution in [0.5, 0.6) is 5.75 Å². The number of hydrogen-bond donors (Lipinski definition) is 2. The Balaban J connectivity index is 1.89. The zero-order valence-corrected chi connectivity index (χ0v) is 11.4. The smallest absolute Gasteiger partial charge is 0.261 e. The predicted octanol–water partition coefficient (Wildman–Crippen LogP) is 0.706. The molecule has 110 valence electrons. The van der Waals surface area contributed by atoms with Crippen LogP contribution in [0.15, 0.2) is 24.5 Å². The minimum atomic E-state index is -0.731. The van der Waals surface area contributed by atoms with E-state index in [-0.39, 0.29) is 30.4 Å². The van der Waals surface area contributed by atoms with Crippen molar-refractivity contribution >= 4 is 34.2 Å². The number of nitrogens with zero attached hydrogens (tertiary/aromatic N) is 2. The number of aromatic nitrogens is 1. The van der Waals surface area contributed by atoms with Gasteiger partial charge in [-0.25, -0.2) is 0 Å². The Morgan fingerprint density at radius 2 is 2.05 bits per heavy atom. The van der Waals surface area contributed by atoms with Gasteiger partial charge >= 0.3 is 0 Å². The number of aromatic hydroxyl groups is 1. The molecule has 2 N–H and O–H groups in total. The monoisotopic (exact) mass is 297 g/mol. The molecule has 1 aromatic heterocycles. The molecule has 1 atom stereocenters. The number of carbonyl (C=O) groups is 3. The third-order valence-corrected chi connectivity index (χ3v) is 4.11. The molecule has 0 aliphatic carbocycles. The molecule has 2 aliphatic rings. The first-order valence-electron chi connectivity index (χ1n) is 6.85. The van der Waals surface area contributed by atoms with Crippen molar-refractivity contribution in [1.82, 2.24) is 10.3 Å². The third-order valence-electron chi connectivity index (χ3n) is 4.11. The van der Waals surface area contributed by atoms with Gasteiger partial charge in [0.1, 0.15) is 11.8 Å². The van der Waals surface area contributed by atoms with Gasteiger partial charge in [0.25, 0.3) is 5.91 Å². The van der Waals surface area contributed by atoms with Crippen molar-refractivity contribution in [2.45, 2.75) is 18.9 Å². The lowest BCUT2D eigenvalue weighted by Gasteiger charge is -2.30. The zero-order chi connectivity index (χ0) is 15.4. The Labute approximate surface area is 124 Å². The molecule has 2 aliphatic heterocycles. The SMILES string of the molecule is O=C1CCC(N2C(=O)c3cncc4c(O)ccc2c34)C(=O)N1. The Bertz CT molecular complexity index is 861. The summed E-state index contributed by atoms with van der Waals surface area (Å²) >= 11 is 0. The topological polar surface area (TPSA) is 99.6 Å². The summed E-state index contributed by atoms with van der Waals surface area (Å²) in [6, 6.07) is 2.35. The normalized spacial score (nSPS) is 20.6. The van der Waals surface area contributed by atoms with Gasteiger partial charge in [0.15, 0.2) is 0 Å². The molecule has 0 bridgehead atoms. The van der Waals surface area contributed by atoms with Gasteiger partial charge in [0.2, 0.25) is 11.8 Å². The summed E-state index contributed by atoms with van der Waals surface area (Å²) in [4.78, 5) is 41.4. The van der Waals surface area contributed by atoms with E-state index in [0.717, 1.165) is 0 Å². The Hall–Kier alpha value is -2.96. The Morgan fingerprint density at radius 3 is 2.82 bits per heavy atom. The van der Waals surface area contributed by atoms with Crippen molar-refractivity contribution in [2.24, 2.45) is 0 Å². The number of pyridine rings is 1. The molecule has 0 saturated carbocycles. The molecular formula is C15H11N3O4. The lowest BCUT2D eigenvalue weighted by Crippen LogP contribution is -2.53. The largest absolute Gasteiger partial charge is 0.507 e. The summed E-state index contributed by atoms with van der Waals surface area (Å²) in [6.07, 6.45) is 3.38. The van der Waals surface area contributed by atoms with Crippen LogP contribution in [-0.2, 0) is 9.59 Å². The first-order valence-corrected chi connectivity index (χ1v) is 6.85. The second-order valence-corrected chi connectivity index (χ2v) is 5.36. The van der Waals surface area contributed by atoms with Crippen LogP contribution in [0.4, 0.5) is 5.69 Å². The summed E-state index contributed by atoms with van der Waals surface area (Å²) in [6.45, 7) is 0. The summed E-state index contributed by atoms with van der Waals surface area (Å²) in [7, 11) is 0. The van der Waals surface area contributed by atoms with Crippen LogP contribution < -0.4 is 10.2 Å². The summed E-state index contributed by atoms with van der Waals surface area (Å²) in [5, 5.41) is 13.2. The van der Waals surface area contributed by atoms with Crippen LogP contribution in [0.25, 0.3) is 10.8 Å². The molecule has 3 amide bonds. The minimum absolute atomic E-state index is 0.0334. The zero-order valence-electron chi connectivity index (χ0n) is 11.4. The molecule has 7 nitrogen and oxygen atoms in total. The highest BCUT2D eigenvalue weighted by Crippen LogP contribution is 2.42. The number of rotatable bonds is 1. The number of hydrogen-bond acceptors (Lipinski definition) is 5. The van der Waals surface area contributed by atoms with Crippen LogP contribution in [0.3, 0.4) is 0 Å². The van der Waals surface area contributed by atoms with Gasteiger partial charge in [-0.1, -0.05) is 0 Å². The van der Waals surface area contributed by atoms with Crippen molar-refractivity contribution in [3.05, 3.63) is 30.1 Å². The average Bonchev–Trinajstić information content (AvgIpc) is 2.78. The van der Waals surface area contributed by atoms with E-state index in [9.17, 15) is 19.5 Å². The number of nitrogens with one attached hydrogen (secondary N) is 1. The van der Waals surface area contributed by atoms with Gasteiger partial charge in [0, 0.05) is 29.6 Å². The molecule has 1 saturated heterocycles. The summed E-state index contributed by atoms with van der Waals surface area (Å²) in [5.41, 5.74) is 0.915. The first-order chi connectivity index (χ1) is 10.6. The van der Waals surface area contributed by atoms with E-state index in [2.05, 4.69) is 10.3 Å². The van der Waals surface area contributed by atoms with Crippen LogP contribution in [0.2, 0.25) is 0 Å². The molecule has 1 fully saturated rings. The van der Waals surface area contributed by atoms with Crippen molar-refractivity contribution in [2.75, 3.05) is 4.90 Å². The molecule has 3 heterocycles. The maximum absolute atomic E-state index is 12.7. The maximum Gasteiger partial charge on any atom is 0.261 e. The Morgan fingerprint density at radius 1 is 1.23 bits per heavy atom. The quantitative estimate of drug-likeness (QED) is 0.755. The molecule has 22 heavy (non-hydrogen) atoms. The molecular weight excluding hydrogens is 286 g/mol. The van der Waals surface area contributed by atoms with E-state index in [4.69, 9.17) is 0 Å². The van der Waals surface area contributed by atoms with Gasteiger partial charge in [-0.05, 0) is 18.6 Å². The van der Waals surface area contributed by atoms with Gasteiger partial charge in [-0.3, -0.25) is 29.6 Å².